The number of rotatable bonds is 1. The quantitative estimate of drug-likeness (QED) is 0.839. The SMILES string of the molecule is Cc1cc(Br)c(F)cc1C1(O)COC1. The molecule has 1 aliphatic heterocycles. The molecule has 1 saturated heterocycles. The van der Waals surface area contributed by atoms with Crippen LogP contribution in [0.15, 0.2) is 16.6 Å². The van der Waals surface area contributed by atoms with E-state index in [1.807, 2.05) is 6.92 Å². The molecule has 4 heteroatoms. The Morgan fingerprint density at radius 2 is 2.14 bits per heavy atom. The van der Waals surface area contributed by atoms with E-state index in [2.05, 4.69) is 15.9 Å². The average molecular weight is 261 g/mol. The number of hydrogen-bond acceptors (Lipinski definition) is 2. The van der Waals surface area contributed by atoms with Crippen LogP contribution in [0.5, 0.6) is 0 Å². The van der Waals surface area contributed by atoms with Crippen molar-refractivity contribution >= 4 is 15.9 Å². The van der Waals surface area contributed by atoms with Crippen LogP contribution in [0.3, 0.4) is 0 Å². The van der Waals surface area contributed by atoms with Crippen molar-refractivity contribution in [3.8, 4) is 0 Å². The van der Waals surface area contributed by atoms with E-state index in [0.717, 1.165) is 5.56 Å². The smallest absolute Gasteiger partial charge is 0.137 e. The third kappa shape index (κ3) is 1.47. The Morgan fingerprint density at radius 3 is 2.64 bits per heavy atom. The van der Waals surface area contributed by atoms with Crippen molar-refractivity contribution in [3.05, 3.63) is 33.5 Å². The lowest BCUT2D eigenvalue weighted by atomic mass is 9.89. The molecule has 0 radical (unpaired) electrons. The van der Waals surface area contributed by atoms with Crippen molar-refractivity contribution in [1.82, 2.24) is 0 Å². The van der Waals surface area contributed by atoms with Gasteiger partial charge >= 0.3 is 0 Å². The van der Waals surface area contributed by atoms with Crippen molar-refractivity contribution in [3.63, 3.8) is 0 Å². The van der Waals surface area contributed by atoms with E-state index < -0.39 is 5.60 Å². The molecular weight excluding hydrogens is 251 g/mol. The van der Waals surface area contributed by atoms with E-state index in [4.69, 9.17) is 4.74 Å². The molecule has 14 heavy (non-hydrogen) atoms. The molecule has 0 amide bonds. The summed E-state index contributed by atoms with van der Waals surface area (Å²) in [5, 5.41) is 9.97. The highest BCUT2D eigenvalue weighted by Gasteiger charge is 2.39. The van der Waals surface area contributed by atoms with E-state index in [1.54, 1.807) is 6.07 Å². The van der Waals surface area contributed by atoms with Gasteiger partial charge in [0.25, 0.3) is 0 Å². The third-order valence-electron chi connectivity index (χ3n) is 2.45. The Balaban J connectivity index is 2.48. The molecule has 1 fully saturated rings. The van der Waals surface area contributed by atoms with Gasteiger partial charge in [0.1, 0.15) is 11.4 Å². The molecule has 0 spiro atoms. The Labute approximate surface area is 89.8 Å². The lowest BCUT2D eigenvalue weighted by Gasteiger charge is -2.37. The summed E-state index contributed by atoms with van der Waals surface area (Å²) >= 11 is 3.10. The highest BCUT2D eigenvalue weighted by Crippen LogP contribution is 2.33. The minimum atomic E-state index is -0.994. The minimum Gasteiger partial charge on any atom is -0.380 e. The fourth-order valence-corrected chi connectivity index (χ4v) is 2.06. The van der Waals surface area contributed by atoms with Crippen LogP contribution < -0.4 is 0 Å². The Kier molecular flexibility index (Phi) is 2.37. The summed E-state index contributed by atoms with van der Waals surface area (Å²) in [6.07, 6.45) is 0. The van der Waals surface area contributed by atoms with E-state index >= 15 is 0 Å². The monoisotopic (exact) mass is 260 g/mol. The molecule has 0 aromatic heterocycles. The van der Waals surface area contributed by atoms with Crippen LogP contribution in [0, 0.1) is 12.7 Å². The summed E-state index contributed by atoms with van der Waals surface area (Å²) in [4.78, 5) is 0. The van der Waals surface area contributed by atoms with Gasteiger partial charge in [0.05, 0.1) is 17.7 Å². The van der Waals surface area contributed by atoms with Crippen molar-refractivity contribution in [1.29, 1.82) is 0 Å². The van der Waals surface area contributed by atoms with Gasteiger partial charge in [-0.05, 0) is 46.1 Å². The highest BCUT2D eigenvalue weighted by atomic mass is 79.9. The molecular formula is C10H10BrFO2. The third-order valence-corrected chi connectivity index (χ3v) is 3.06. The van der Waals surface area contributed by atoms with E-state index in [9.17, 15) is 9.50 Å². The van der Waals surface area contributed by atoms with Gasteiger partial charge in [-0.2, -0.15) is 0 Å². The van der Waals surface area contributed by atoms with Crippen LogP contribution in [0.2, 0.25) is 0 Å². The summed E-state index contributed by atoms with van der Waals surface area (Å²) in [6.45, 7) is 2.33. The molecule has 0 unspecified atom stereocenters. The van der Waals surface area contributed by atoms with Crippen molar-refractivity contribution in [2.45, 2.75) is 12.5 Å². The average Bonchev–Trinajstić information content (AvgIpc) is 2.07. The van der Waals surface area contributed by atoms with Gasteiger partial charge in [-0.1, -0.05) is 0 Å². The number of aliphatic hydroxyl groups is 1. The zero-order valence-electron chi connectivity index (χ0n) is 7.68. The maximum Gasteiger partial charge on any atom is 0.137 e. The summed E-state index contributed by atoms with van der Waals surface area (Å²) in [6, 6.07) is 3.03. The maximum atomic E-state index is 13.3. The zero-order valence-corrected chi connectivity index (χ0v) is 9.27. The van der Waals surface area contributed by atoms with Crippen LogP contribution >= 0.6 is 15.9 Å². The first kappa shape index (κ1) is 10.1. The van der Waals surface area contributed by atoms with E-state index in [0.29, 0.717) is 10.0 Å². The fourth-order valence-electron chi connectivity index (χ4n) is 1.60. The Bertz CT molecular complexity index is 375. The summed E-state index contributed by atoms with van der Waals surface area (Å²) < 4.78 is 18.6. The van der Waals surface area contributed by atoms with Crippen molar-refractivity contribution < 1.29 is 14.2 Å². The Hall–Kier alpha value is -0.450. The molecule has 0 aliphatic carbocycles. The van der Waals surface area contributed by atoms with E-state index in [-0.39, 0.29) is 19.0 Å². The molecule has 76 valence electrons. The lowest BCUT2D eigenvalue weighted by Crippen LogP contribution is -2.47. The molecule has 0 saturated carbocycles. The predicted octanol–water partition coefficient (Wildman–Crippen LogP) is 2.11. The molecule has 1 aromatic carbocycles. The number of aryl methyl sites for hydroxylation is 1. The van der Waals surface area contributed by atoms with Gasteiger partial charge < -0.3 is 9.84 Å². The van der Waals surface area contributed by atoms with Gasteiger partial charge in [0.15, 0.2) is 0 Å². The van der Waals surface area contributed by atoms with Gasteiger partial charge in [-0.25, -0.2) is 4.39 Å². The first-order chi connectivity index (χ1) is 6.53. The first-order valence-corrected chi connectivity index (χ1v) is 5.08. The van der Waals surface area contributed by atoms with Crippen molar-refractivity contribution in [2.24, 2.45) is 0 Å². The van der Waals surface area contributed by atoms with Crippen LogP contribution in [-0.4, -0.2) is 18.3 Å². The molecule has 2 nitrogen and oxygen atoms in total. The number of hydrogen-bond donors (Lipinski definition) is 1. The number of ether oxygens (including phenoxy) is 1. The molecule has 1 N–H and O–H groups in total. The molecule has 1 heterocycles. The second-order valence-electron chi connectivity index (χ2n) is 3.61. The molecule has 2 rings (SSSR count). The van der Waals surface area contributed by atoms with Crippen molar-refractivity contribution in [2.75, 3.05) is 13.2 Å². The van der Waals surface area contributed by atoms with Crippen LogP contribution in [0.25, 0.3) is 0 Å². The summed E-state index contributed by atoms with van der Waals surface area (Å²) in [5.41, 5.74) is 0.486. The largest absolute Gasteiger partial charge is 0.380 e. The topological polar surface area (TPSA) is 29.5 Å². The van der Waals surface area contributed by atoms with Crippen LogP contribution in [0.4, 0.5) is 4.39 Å². The normalized spacial score (nSPS) is 19.1. The first-order valence-electron chi connectivity index (χ1n) is 4.29. The van der Waals surface area contributed by atoms with E-state index in [1.165, 1.54) is 6.07 Å². The predicted molar refractivity (Wildman–Crippen MR) is 53.6 cm³/mol. The zero-order chi connectivity index (χ0) is 10.3. The molecule has 0 atom stereocenters. The van der Waals surface area contributed by atoms with Crippen LogP contribution in [-0.2, 0) is 10.3 Å². The van der Waals surface area contributed by atoms with Gasteiger partial charge in [-0.3, -0.25) is 0 Å². The van der Waals surface area contributed by atoms with Gasteiger partial charge in [0, 0.05) is 0 Å². The molecule has 0 bridgehead atoms. The minimum absolute atomic E-state index is 0.245. The standard InChI is InChI=1S/C10H10BrFO2/c1-6-2-8(11)9(12)3-7(6)10(13)4-14-5-10/h2-3,13H,4-5H2,1H3. The fraction of sp³-hybridized carbons (Fsp3) is 0.400. The second-order valence-corrected chi connectivity index (χ2v) is 4.46. The van der Waals surface area contributed by atoms with Gasteiger partial charge in [0.2, 0.25) is 0 Å². The maximum absolute atomic E-state index is 13.3. The van der Waals surface area contributed by atoms with Crippen LogP contribution in [0.1, 0.15) is 11.1 Å². The number of benzene rings is 1. The lowest BCUT2D eigenvalue weighted by molar-refractivity contribution is -0.185. The summed E-state index contributed by atoms with van der Waals surface area (Å²) in [5.74, 6) is -0.356. The summed E-state index contributed by atoms with van der Waals surface area (Å²) in [7, 11) is 0. The highest BCUT2D eigenvalue weighted by molar-refractivity contribution is 9.10. The van der Waals surface area contributed by atoms with Gasteiger partial charge in [-0.15, -0.1) is 0 Å². The second kappa shape index (κ2) is 3.29. The number of halogens is 2. The molecule has 1 aromatic rings. The molecule has 1 aliphatic rings. The Morgan fingerprint density at radius 1 is 1.50 bits per heavy atom.